The molecule has 2 aromatic heterocycles. The molecule has 0 saturated carbocycles. The lowest BCUT2D eigenvalue weighted by atomic mass is 10.2. The van der Waals surface area contributed by atoms with Gasteiger partial charge in [-0.2, -0.15) is 9.49 Å². The van der Waals surface area contributed by atoms with E-state index in [2.05, 4.69) is 20.5 Å². The fourth-order valence-corrected chi connectivity index (χ4v) is 2.08. The maximum absolute atomic E-state index is 12.9. The highest BCUT2D eigenvalue weighted by molar-refractivity contribution is 7.71. The number of carbonyl (C=O) groups excluding carboxylic acids is 1. The summed E-state index contributed by atoms with van der Waals surface area (Å²) >= 11 is 5.07. The van der Waals surface area contributed by atoms with Crippen molar-refractivity contribution in [1.82, 2.24) is 25.1 Å². The number of nitrogens with zero attached hydrogens (tertiary/aromatic N) is 3. The highest BCUT2D eigenvalue weighted by Gasteiger charge is 2.08. The second-order valence-corrected chi connectivity index (χ2v) is 4.45. The minimum Gasteiger partial charge on any atom is -0.352 e. The van der Waals surface area contributed by atoms with Crippen LogP contribution in [0.15, 0.2) is 18.3 Å². The summed E-state index contributed by atoms with van der Waals surface area (Å²) in [7, 11) is 0. The SMILES string of the molecule is CCn1c(CCNC(=O)c2ccnc(F)c2)n[nH]c1=S. The molecule has 6 nitrogen and oxygen atoms in total. The van der Waals surface area contributed by atoms with Gasteiger partial charge in [0.2, 0.25) is 5.95 Å². The van der Waals surface area contributed by atoms with E-state index >= 15 is 0 Å². The smallest absolute Gasteiger partial charge is 0.251 e. The lowest BCUT2D eigenvalue weighted by Crippen LogP contribution is -2.26. The van der Waals surface area contributed by atoms with Crippen molar-refractivity contribution in [1.29, 1.82) is 0 Å². The Morgan fingerprint density at radius 1 is 1.60 bits per heavy atom. The number of nitrogens with one attached hydrogen (secondary N) is 2. The van der Waals surface area contributed by atoms with Crippen molar-refractivity contribution in [3.8, 4) is 0 Å². The molecule has 0 aliphatic carbocycles. The Kier molecular flexibility index (Phi) is 4.57. The molecule has 0 bridgehead atoms. The van der Waals surface area contributed by atoms with Crippen LogP contribution in [0.2, 0.25) is 0 Å². The van der Waals surface area contributed by atoms with E-state index in [1.165, 1.54) is 12.3 Å². The van der Waals surface area contributed by atoms with Gasteiger partial charge in [0.1, 0.15) is 5.82 Å². The van der Waals surface area contributed by atoms with Crippen LogP contribution in [-0.2, 0) is 13.0 Å². The van der Waals surface area contributed by atoms with Crippen LogP contribution in [0.1, 0.15) is 23.1 Å². The van der Waals surface area contributed by atoms with Crippen molar-refractivity contribution in [2.45, 2.75) is 19.9 Å². The summed E-state index contributed by atoms with van der Waals surface area (Å²) in [5.74, 6) is -0.244. The van der Waals surface area contributed by atoms with Crippen molar-refractivity contribution < 1.29 is 9.18 Å². The molecular weight excluding hydrogens is 281 g/mol. The molecule has 0 atom stereocenters. The molecule has 0 aliphatic heterocycles. The molecule has 20 heavy (non-hydrogen) atoms. The van der Waals surface area contributed by atoms with Gasteiger partial charge in [0, 0.05) is 37.3 Å². The summed E-state index contributed by atoms with van der Waals surface area (Å²) in [6, 6.07) is 2.55. The van der Waals surface area contributed by atoms with Crippen molar-refractivity contribution in [3.63, 3.8) is 0 Å². The normalized spacial score (nSPS) is 10.5. The molecule has 106 valence electrons. The Morgan fingerprint density at radius 2 is 2.40 bits per heavy atom. The van der Waals surface area contributed by atoms with Gasteiger partial charge >= 0.3 is 0 Å². The minimum atomic E-state index is -0.676. The molecule has 2 heterocycles. The zero-order chi connectivity index (χ0) is 14.5. The Bertz CT molecular complexity index is 666. The fourth-order valence-electron chi connectivity index (χ4n) is 1.80. The van der Waals surface area contributed by atoms with E-state index in [9.17, 15) is 9.18 Å². The second-order valence-electron chi connectivity index (χ2n) is 4.06. The zero-order valence-corrected chi connectivity index (χ0v) is 11.7. The van der Waals surface area contributed by atoms with Crippen LogP contribution < -0.4 is 5.32 Å². The van der Waals surface area contributed by atoms with Gasteiger partial charge in [-0.25, -0.2) is 4.98 Å². The molecule has 0 radical (unpaired) electrons. The molecule has 0 unspecified atom stereocenters. The number of pyridine rings is 1. The third-order valence-electron chi connectivity index (χ3n) is 2.78. The number of halogens is 1. The van der Waals surface area contributed by atoms with E-state index in [1.807, 2.05) is 11.5 Å². The van der Waals surface area contributed by atoms with E-state index < -0.39 is 5.95 Å². The number of rotatable bonds is 5. The van der Waals surface area contributed by atoms with Crippen molar-refractivity contribution in [2.75, 3.05) is 6.54 Å². The van der Waals surface area contributed by atoms with E-state index in [1.54, 1.807) is 0 Å². The minimum absolute atomic E-state index is 0.242. The molecule has 0 saturated heterocycles. The number of aromatic nitrogens is 4. The van der Waals surface area contributed by atoms with Crippen molar-refractivity contribution >= 4 is 18.1 Å². The first kappa shape index (κ1) is 14.3. The third-order valence-corrected chi connectivity index (χ3v) is 3.09. The molecule has 0 aromatic carbocycles. The topological polar surface area (TPSA) is 75.6 Å². The van der Waals surface area contributed by atoms with Crippen LogP contribution in [0.25, 0.3) is 0 Å². The number of amides is 1. The molecule has 8 heteroatoms. The van der Waals surface area contributed by atoms with Gasteiger partial charge in [0.25, 0.3) is 5.91 Å². The maximum atomic E-state index is 12.9. The number of carbonyl (C=O) groups is 1. The standard InChI is InChI=1S/C12H14FN5OS/c1-2-18-10(16-17-12(18)20)4-6-15-11(19)8-3-5-14-9(13)7-8/h3,5,7H,2,4,6H2,1H3,(H,15,19)(H,17,20). The predicted molar refractivity (Wildman–Crippen MR) is 73.3 cm³/mol. The highest BCUT2D eigenvalue weighted by atomic mass is 32.1. The Balaban J connectivity index is 1.93. The Morgan fingerprint density at radius 3 is 3.10 bits per heavy atom. The van der Waals surface area contributed by atoms with Crippen molar-refractivity contribution in [2.24, 2.45) is 0 Å². The molecule has 0 fully saturated rings. The summed E-state index contributed by atoms with van der Waals surface area (Å²) in [5, 5.41) is 9.51. The van der Waals surface area contributed by atoms with Gasteiger partial charge in [-0.1, -0.05) is 0 Å². The monoisotopic (exact) mass is 295 g/mol. The summed E-state index contributed by atoms with van der Waals surface area (Å²) in [6.45, 7) is 3.07. The molecular formula is C12H14FN5OS. The summed E-state index contributed by atoms with van der Waals surface area (Å²) in [4.78, 5) is 15.2. The van der Waals surface area contributed by atoms with Crippen molar-refractivity contribution in [3.05, 3.63) is 40.4 Å². The van der Waals surface area contributed by atoms with Gasteiger partial charge in [-0.05, 0) is 25.2 Å². The van der Waals surface area contributed by atoms with Gasteiger partial charge in [0.15, 0.2) is 4.77 Å². The predicted octanol–water partition coefficient (Wildman–Crippen LogP) is 1.47. The van der Waals surface area contributed by atoms with Gasteiger partial charge in [0.05, 0.1) is 0 Å². The maximum Gasteiger partial charge on any atom is 0.251 e. The number of H-pyrrole nitrogens is 1. The summed E-state index contributed by atoms with van der Waals surface area (Å²) < 4.78 is 15.3. The van der Waals surface area contributed by atoms with E-state index in [0.717, 1.165) is 11.9 Å². The van der Waals surface area contributed by atoms with E-state index in [-0.39, 0.29) is 11.5 Å². The molecule has 0 aliphatic rings. The first-order valence-electron chi connectivity index (χ1n) is 6.15. The molecule has 1 amide bonds. The van der Waals surface area contributed by atoms with Crippen LogP contribution in [0.4, 0.5) is 4.39 Å². The van der Waals surface area contributed by atoms with Crippen LogP contribution in [0, 0.1) is 10.7 Å². The van der Waals surface area contributed by atoms with Crippen LogP contribution in [-0.4, -0.2) is 32.2 Å². The fraction of sp³-hybridized carbons (Fsp3) is 0.333. The van der Waals surface area contributed by atoms with Crippen LogP contribution >= 0.6 is 12.2 Å². The number of hydrogen-bond donors (Lipinski definition) is 2. The molecule has 0 spiro atoms. The average molecular weight is 295 g/mol. The Hall–Kier alpha value is -2.09. The number of hydrogen-bond acceptors (Lipinski definition) is 4. The summed E-state index contributed by atoms with van der Waals surface area (Å²) in [6.07, 6.45) is 1.80. The quantitative estimate of drug-likeness (QED) is 0.647. The lowest BCUT2D eigenvalue weighted by molar-refractivity contribution is 0.0953. The highest BCUT2D eigenvalue weighted by Crippen LogP contribution is 2.01. The van der Waals surface area contributed by atoms with Crippen LogP contribution in [0.3, 0.4) is 0 Å². The van der Waals surface area contributed by atoms with E-state index in [4.69, 9.17) is 12.2 Å². The Labute approximate surface area is 120 Å². The lowest BCUT2D eigenvalue weighted by Gasteiger charge is -2.06. The molecule has 2 N–H and O–H groups in total. The zero-order valence-electron chi connectivity index (χ0n) is 10.9. The first-order valence-corrected chi connectivity index (χ1v) is 6.56. The van der Waals surface area contributed by atoms with Gasteiger partial charge in [-0.15, -0.1) is 0 Å². The summed E-state index contributed by atoms with van der Waals surface area (Å²) in [5.41, 5.74) is 0.242. The first-order chi connectivity index (χ1) is 9.61. The molecule has 2 rings (SSSR count). The molecule has 2 aromatic rings. The van der Waals surface area contributed by atoms with Crippen LogP contribution in [0.5, 0.6) is 0 Å². The second kappa shape index (κ2) is 6.38. The number of aromatic amines is 1. The van der Waals surface area contributed by atoms with Gasteiger partial charge < -0.3 is 9.88 Å². The van der Waals surface area contributed by atoms with Gasteiger partial charge in [-0.3, -0.25) is 9.89 Å². The largest absolute Gasteiger partial charge is 0.352 e. The average Bonchev–Trinajstić information content (AvgIpc) is 2.79. The third kappa shape index (κ3) is 3.27. The van der Waals surface area contributed by atoms with E-state index in [0.29, 0.717) is 24.3 Å².